The van der Waals surface area contributed by atoms with Crippen LogP contribution in [0.4, 0.5) is 11.5 Å². The molecule has 1 aromatic heterocycles. The molecule has 3 N–H and O–H groups in total. The molecule has 0 unspecified atom stereocenters. The zero-order valence-corrected chi connectivity index (χ0v) is 11.6. The first-order chi connectivity index (χ1) is 8.40. The van der Waals surface area contributed by atoms with E-state index in [1.54, 1.807) is 0 Å². The highest BCUT2D eigenvalue weighted by Gasteiger charge is 2.29. The Morgan fingerprint density at radius 3 is 2.50 bits per heavy atom. The number of hydrogen-bond acceptors (Lipinski definition) is 5. The molecule has 0 atom stereocenters. The lowest BCUT2D eigenvalue weighted by atomic mass is 10.1. The summed E-state index contributed by atoms with van der Waals surface area (Å²) in [5, 5.41) is 3.32. The van der Waals surface area contributed by atoms with Gasteiger partial charge in [-0.15, -0.1) is 0 Å². The predicted molar refractivity (Wildman–Crippen MR) is 73.0 cm³/mol. The van der Waals surface area contributed by atoms with Gasteiger partial charge in [-0.3, -0.25) is 0 Å². The summed E-state index contributed by atoms with van der Waals surface area (Å²) in [6.07, 6.45) is 2.31. The molecule has 5 nitrogen and oxygen atoms in total. The van der Waals surface area contributed by atoms with E-state index in [2.05, 4.69) is 36.1 Å². The van der Waals surface area contributed by atoms with Crippen LogP contribution in [0.1, 0.15) is 52.3 Å². The Morgan fingerprint density at radius 2 is 2.00 bits per heavy atom. The number of rotatable bonds is 4. The highest BCUT2D eigenvalue weighted by molar-refractivity contribution is 5.67. The lowest BCUT2D eigenvalue weighted by Gasteiger charge is -2.23. The molecule has 0 radical (unpaired) electrons. The average molecular weight is 250 g/mol. The SMILES string of the molecule is CCOc1nc(C2CC2)nc(NC(C)(C)C)c1N. The van der Waals surface area contributed by atoms with E-state index in [1.807, 2.05) is 6.92 Å². The maximum absolute atomic E-state index is 6.05. The van der Waals surface area contributed by atoms with Crippen LogP contribution in [-0.4, -0.2) is 22.1 Å². The molecular formula is C13H22N4O. The first-order valence-electron chi connectivity index (χ1n) is 6.49. The van der Waals surface area contributed by atoms with E-state index in [0.717, 1.165) is 18.7 Å². The second-order valence-electron chi connectivity index (χ2n) is 5.73. The summed E-state index contributed by atoms with van der Waals surface area (Å²) in [6, 6.07) is 0. The van der Waals surface area contributed by atoms with Crippen molar-refractivity contribution in [2.45, 2.75) is 52.0 Å². The number of hydrogen-bond donors (Lipinski definition) is 2. The smallest absolute Gasteiger partial charge is 0.242 e. The van der Waals surface area contributed by atoms with Gasteiger partial charge in [0, 0.05) is 11.5 Å². The van der Waals surface area contributed by atoms with Crippen molar-refractivity contribution in [3.8, 4) is 5.88 Å². The molecule has 1 saturated carbocycles. The average Bonchev–Trinajstić information content (AvgIpc) is 3.05. The molecule has 0 aromatic carbocycles. The fourth-order valence-corrected chi connectivity index (χ4v) is 1.69. The number of nitrogens with zero attached hydrogens (tertiary/aromatic N) is 2. The van der Waals surface area contributed by atoms with Crippen LogP contribution in [0.2, 0.25) is 0 Å². The van der Waals surface area contributed by atoms with Crippen LogP contribution in [-0.2, 0) is 0 Å². The third kappa shape index (κ3) is 3.03. The number of anilines is 2. The van der Waals surface area contributed by atoms with Gasteiger partial charge in [0.2, 0.25) is 5.88 Å². The second-order valence-corrected chi connectivity index (χ2v) is 5.73. The third-order valence-electron chi connectivity index (χ3n) is 2.64. The molecule has 18 heavy (non-hydrogen) atoms. The van der Waals surface area contributed by atoms with Crippen LogP contribution in [0.15, 0.2) is 0 Å². The molecule has 0 bridgehead atoms. The van der Waals surface area contributed by atoms with E-state index in [0.29, 0.717) is 29.9 Å². The van der Waals surface area contributed by atoms with Crippen molar-refractivity contribution >= 4 is 11.5 Å². The van der Waals surface area contributed by atoms with E-state index in [1.165, 1.54) is 0 Å². The van der Waals surface area contributed by atoms with Crippen LogP contribution in [0.25, 0.3) is 0 Å². The van der Waals surface area contributed by atoms with Crippen molar-refractivity contribution in [1.82, 2.24) is 9.97 Å². The van der Waals surface area contributed by atoms with Gasteiger partial charge in [-0.25, -0.2) is 4.98 Å². The fourth-order valence-electron chi connectivity index (χ4n) is 1.69. The summed E-state index contributed by atoms with van der Waals surface area (Å²) in [5.74, 6) is 2.51. The molecule has 1 aliphatic rings. The molecule has 1 heterocycles. The van der Waals surface area contributed by atoms with Crippen molar-refractivity contribution < 1.29 is 4.74 Å². The predicted octanol–water partition coefficient (Wildman–Crippen LogP) is 2.55. The summed E-state index contributed by atoms with van der Waals surface area (Å²) in [5.41, 5.74) is 6.46. The largest absolute Gasteiger partial charge is 0.476 e. The van der Waals surface area contributed by atoms with Crippen molar-refractivity contribution in [2.24, 2.45) is 0 Å². The van der Waals surface area contributed by atoms with Crippen molar-refractivity contribution in [3.05, 3.63) is 5.82 Å². The molecule has 100 valence electrons. The summed E-state index contributed by atoms with van der Waals surface area (Å²) in [6.45, 7) is 8.71. The summed E-state index contributed by atoms with van der Waals surface area (Å²) >= 11 is 0. The molecule has 2 rings (SSSR count). The van der Waals surface area contributed by atoms with E-state index < -0.39 is 0 Å². The maximum Gasteiger partial charge on any atom is 0.242 e. The van der Waals surface area contributed by atoms with Crippen LogP contribution >= 0.6 is 0 Å². The van der Waals surface area contributed by atoms with Crippen molar-refractivity contribution in [2.75, 3.05) is 17.7 Å². The van der Waals surface area contributed by atoms with E-state index in [9.17, 15) is 0 Å². The molecule has 1 aliphatic carbocycles. The van der Waals surface area contributed by atoms with Gasteiger partial charge in [-0.2, -0.15) is 4.98 Å². The quantitative estimate of drug-likeness (QED) is 0.859. The number of nitrogens with one attached hydrogen (secondary N) is 1. The third-order valence-corrected chi connectivity index (χ3v) is 2.64. The number of ether oxygens (including phenoxy) is 1. The van der Waals surface area contributed by atoms with Crippen LogP contribution < -0.4 is 15.8 Å². The molecule has 1 fully saturated rings. The van der Waals surface area contributed by atoms with Gasteiger partial charge in [0.25, 0.3) is 0 Å². The highest BCUT2D eigenvalue weighted by Crippen LogP contribution is 2.41. The van der Waals surface area contributed by atoms with E-state index in [-0.39, 0.29) is 5.54 Å². The molecular weight excluding hydrogens is 228 g/mol. The lowest BCUT2D eigenvalue weighted by Crippen LogP contribution is -2.28. The van der Waals surface area contributed by atoms with Gasteiger partial charge in [0.05, 0.1) is 6.61 Å². The van der Waals surface area contributed by atoms with Gasteiger partial charge in [-0.1, -0.05) is 0 Å². The minimum Gasteiger partial charge on any atom is -0.476 e. The van der Waals surface area contributed by atoms with Crippen LogP contribution in [0.5, 0.6) is 5.88 Å². The van der Waals surface area contributed by atoms with E-state index >= 15 is 0 Å². The Labute approximate surface area is 108 Å². The van der Waals surface area contributed by atoms with Gasteiger partial charge in [0.1, 0.15) is 11.5 Å². The van der Waals surface area contributed by atoms with Gasteiger partial charge in [-0.05, 0) is 40.5 Å². The molecule has 0 spiro atoms. The lowest BCUT2D eigenvalue weighted by molar-refractivity contribution is 0.327. The Kier molecular flexibility index (Phi) is 3.32. The number of aromatic nitrogens is 2. The van der Waals surface area contributed by atoms with E-state index in [4.69, 9.17) is 10.5 Å². The number of nitrogen functional groups attached to an aromatic ring is 1. The van der Waals surface area contributed by atoms with Gasteiger partial charge in [0.15, 0.2) is 5.82 Å². The minimum atomic E-state index is -0.0905. The fraction of sp³-hybridized carbons (Fsp3) is 0.692. The first kappa shape index (κ1) is 12.9. The topological polar surface area (TPSA) is 73.1 Å². The summed E-state index contributed by atoms with van der Waals surface area (Å²) in [7, 11) is 0. The summed E-state index contributed by atoms with van der Waals surface area (Å²) < 4.78 is 5.49. The maximum atomic E-state index is 6.05. The zero-order valence-electron chi connectivity index (χ0n) is 11.6. The Bertz CT molecular complexity index is 435. The van der Waals surface area contributed by atoms with Crippen molar-refractivity contribution in [1.29, 1.82) is 0 Å². The monoisotopic (exact) mass is 250 g/mol. The second kappa shape index (κ2) is 4.63. The van der Waals surface area contributed by atoms with Crippen LogP contribution in [0, 0.1) is 0 Å². The highest BCUT2D eigenvalue weighted by atomic mass is 16.5. The normalized spacial score (nSPS) is 15.6. The summed E-state index contributed by atoms with van der Waals surface area (Å²) in [4.78, 5) is 8.95. The Balaban J connectivity index is 2.36. The van der Waals surface area contributed by atoms with Gasteiger partial charge >= 0.3 is 0 Å². The molecule has 0 saturated heterocycles. The van der Waals surface area contributed by atoms with Crippen molar-refractivity contribution in [3.63, 3.8) is 0 Å². The number of nitrogens with two attached hydrogens (primary N) is 1. The van der Waals surface area contributed by atoms with Gasteiger partial charge < -0.3 is 15.8 Å². The molecule has 0 aliphatic heterocycles. The standard InChI is InChI=1S/C13H22N4O/c1-5-18-12-9(14)11(17-13(2,3)4)15-10(16-12)8-6-7-8/h8H,5-7,14H2,1-4H3,(H,15,16,17). The zero-order chi connectivity index (χ0) is 13.3. The minimum absolute atomic E-state index is 0.0905. The Hall–Kier alpha value is -1.52. The molecule has 0 amide bonds. The molecule has 1 aromatic rings. The van der Waals surface area contributed by atoms with Crippen LogP contribution in [0.3, 0.4) is 0 Å². The first-order valence-corrected chi connectivity index (χ1v) is 6.49. The Morgan fingerprint density at radius 1 is 1.33 bits per heavy atom. The molecule has 5 heteroatoms.